The van der Waals surface area contributed by atoms with Crippen LogP contribution < -0.4 is 15.8 Å². The molecule has 0 fully saturated rings. The maximum absolute atomic E-state index is 12.6. The number of hydrogen-bond acceptors (Lipinski definition) is 3. The SMILES string of the molecule is COc1cc[nH]c1/C=C1\C(=O)Nc2ccc(N)c(-c3ccccc3)c21. The summed E-state index contributed by atoms with van der Waals surface area (Å²) in [6.45, 7) is 0. The Kier molecular flexibility index (Phi) is 3.54. The second-order valence-corrected chi connectivity index (χ2v) is 5.79. The van der Waals surface area contributed by atoms with Crippen molar-refractivity contribution < 1.29 is 9.53 Å². The van der Waals surface area contributed by atoms with E-state index in [1.807, 2.05) is 48.5 Å². The number of ether oxygens (including phenoxy) is 1. The number of rotatable bonds is 3. The minimum absolute atomic E-state index is 0.158. The molecule has 5 heteroatoms. The number of aromatic nitrogens is 1. The van der Waals surface area contributed by atoms with Crippen molar-refractivity contribution in [2.45, 2.75) is 0 Å². The van der Waals surface area contributed by atoms with Crippen molar-refractivity contribution in [2.24, 2.45) is 0 Å². The van der Waals surface area contributed by atoms with Gasteiger partial charge in [-0.1, -0.05) is 30.3 Å². The van der Waals surface area contributed by atoms with E-state index in [0.29, 0.717) is 17.0 Å². The molecular weight excluding hydrogens is 314 g/mol. The second-order valence-electron chi connectivity index (χ2n) is 5.79. The molecule has 0 unspecified atom stereocenters. The van der Waals surface area contributed by atoms with Crippen molar-refractivity contribution in [2.75, 3.05) is 18.2 Å². The van der Waals surface area contributed by atoms with Crippen LogP contribution in [0.1, 0.15) is 11.3 Å². The summed E-state index contributed by atoms with van der Waals surface area (Å²) in [4.78, 5) is 15.7. The lowest BCUT2D eigenvalue weighted by molar-refractivity contribution is -0.110. The highest BCUT2D eigenvalue weighted by atomic mass is 16.5. The number of anilines is 2. The topological polar surface area (TPSA) is 80.1 Å². The third kappa shape index (κ3) is 2.46. The fourth-order valence-corrected chi connectivity index (χ4v) is 3.16. The van der Waals surface area contributed by atoms with Gasteiger partial charge >= 0.3 is 0 Å². The Morgan fingerprint density at radius 3 is 2.60 bits per heavy atom. The zero-order valence-corrected chi connectivity index (χ0v) is 13.7. The number of carbonyl (C=O) groups is 1. The van der Waals surface area contributed by atoms with Crippen molar-refractivity contribution >= 4 is 28.9 Å². The van der Waals surface area contributed by atoms with Gasteiger partial charge in [-0.15, -0.1) is 0 Å². The van der Waals surface area contributed by atoms with E-state index >= 15 is 0 Å². The third-order valence-corrected chi connectivity index (χ3v) is 4.31. The van der Waals surface area contributed by atoms with Crippen LogP contribution in [0, 0.1) is 0 Å². The monoisotopic (exact) mass is 331 g/mol. The van der Waals surface area contributed by atoms with Crippen LogP contribution in [0.2, 0.25) is 0 Å². The average Bonchev–Trinajstić information content (AvgIpc) is 3.21. The molecule has 1 amide bonds. The molecule has 2 aromatic carbocycles. The molecule has 0 spiro atoms. The van der Waals surface area contributed by atoms with E-state index in [1.54, 1.807) is 19.4 Å². The summed E-state index contributed by atoms with van der Waals surface area (Å²) < 4.78 is 5.33. The summed E-state index contributed by atoms with van der Waals surface area (Å²) >= 11 is 0. The Morgan fingerprint density at radius 2 is 1.84 bits per heavy atom. The maximum Gasteiger partial charge on any atom is 0.256 e. The summed E-state index contributed by atoms with van der Waals surface area (Å²) in [5.74, 6) is 0.522. The first-order chi connectivity index (χ1) is 12.2. The van der Waals surface area contributed by atoms with Crippen molar-refractivity contribution in [3.8, 4) is 16.9 Å². The molecule has 1 aliphatic heterocycles. The molecule has 4 rings (SSSR count). The normalized spacial score (nSPS) is 14.4. The molecule has 4 N–H and O–H groups in total. The molecule has 0 saturated carbocycles. The molecular formula is C20H17N3O2. The summed E-state index contributed by atoms with van der Waals surface area (Å²) in [7, 11) is 1.60. The fraction of sp³-hybridized carbons (Fsp3) is 0.0500. The number of nitrogens with two attached hydrogens (primary N) is 1. The van der Waals surface area contributed by atoms with Crippen LogP contribution in [0.4, 0.5) is 11.4 Å². The highest BCUT2D eigenvalue weighted by Crippen LogP contribution is 2.43. The Bertz CT molecular complexity index is 987. The number of aromatic amines is 1. The Labute approximate surface area is 145 Å². The zero-order chi connectivity index (χ0) is 17.4. The summed E-state index contributed by atoms with van der Waals surface area (Å²) in [5, 5.41) is 2.92. The number of fused-ring (bicyclic) bond motifs is 1. The first-order valence-electron chi connectivity index (χ1n) is 7.91. The number of carbonyl (C=O) groups excluding carboxylic acids is 1. The van der Waals surface area contributed by atoms with Crippen LogP contribution in [0.3, 0.4) is 0 Å². The van der Waals surface area contributed by atoms with Gasteiger partial charge in [-0.25, -0.2) is 0 Å². The number of methoxy groups -OCH3 is 1. The van der Waals surface area contributed by atoms with Gasteiger partial charge in [0.25, 0.3) is 5.91 Å². The van der Waals surface area contributed by atoms with E-state index in [4.69, 9.17) is 10.5 Å². The van der Waals surface area contributed by atoms with E-state index < -0.39 is 0 Å². The standard InChI is InChI=1S/C20H17N3O2/c1-25-17-9-10-22-16(17)11-13-19-15(23-20(13)24)8-7-14(21)18(19)12-5-3-2-4-6-12/h2-11,22H,21H2,1H3,(H,23,24)/b13-11-. The predicted molar refractivity (Wildman–Crippen MR) is 100 cm³/mol. The maximum atomic E-state index is 12.6. The molecule has 0 saturated heterocycles. The van der Waals surface area contributed by atoms with Crippen LogP contribution in [-0.2, 0) is 4.79 Å². The van der Waals surface area contributed by atoms with Crippen LogP contribution >= 0.6 is 0 Å². The van der Waals surface area contributed by atoms with E-state index in [2.05, 4.69) is 10.3 Å². The molecule has 3 aromatic rings. The zero-order valence-electron chi connectivity index (χ0n) is 13.7. The van der Waals surface area contributed by atoms with Crippen molar-refractivity contribution in [1.29, 1.82) is 0 Å². The van der Waals surface area contributed by atoms with Gasteiger partial charge in [-0.2, -0.15) is 0 Å². The van der Waals surface area contributed by atoms with E-state index in [-0.39, 0.29) is 5.91 Å². The Balaban J connectivity index is 1.96. The molecule has 1 aromatic heterocycles. The van der Waals surface area contributed by atoms with Crippen LogP contribution in [0.15, 0.2) is 54.7 Å². The molecule has 0 aliphatic carbocycles. The molecule has 25 heavy (non-hydrogen) atoms. The first-order valence-corrected chi connectivity index (χ1v) is 7.91. The largest absolute Gasteiger partial charge is 0.495 e. The second kappa shape index (κ2) is 5.87. The number of hydrogen-bond donors (Lipinski definition) is 3. The third-order valence-electron chi connectivity index (χ3n) is 4.31. The Morgan fingerprint density at radius 1 is 1.04 bits per heavy atom. The summed E-state index contributed by atoms with van der Waals surface area (Å²) in [5.41, 5.74) is 11.6. The van der Waals surface area contributed by atoms with Gasteiger partial charge in [0.1, 0.15) is 5.75 Å². The highest BCUT2D eigenvalue weighted by Gasteiger charge is 2.29. The van der Waals surface area contributed by atoms with Gasteiger partial charge in [0, 0.05) is 28.7 Å². The van der Waals surface area contributed by atoms with E-state index in [9.17, 15) is 4.79 Å². The summed E-state index contributed by atoms with van der Waals surface area (Å²) in [6, 6.07) is 15.3. The molecule has 0 radical (unpaired) electrons. The number of H-pyrrole nitrogens is 1. The fourth-order valence-electron chi connectivity index (χ4n) is 3.16. The number of benzene rings is 2. The molecule has 5 nitrogen and oxygen atoms in total. The van der Waals surface area contributed by atoms with E-state index in [1.165, 1.54) is 0 Å². The van der Waals surface area contributed by atoms with Gasteiger partial charge in [-0.05, 0) is 29.8 Å². The molecule has 2 heterocycles. The van der Waals surface area contributed by atoms with E-state index in [0.717, 1.165) is 28.1 Å². The van der Waals surface area contributed by atoms with Gasteiger partial charge in [0.15, 0.2) is 0 Å². The molecule has 0 bridgehead atoms. The van der Waals surface area contributed by atoms with Crippen molar-refractivity contribution in [3.05, 3.63) is 66.0 Å². The number of amides is 1. The Hall–Kier alpha value is -3.47. The lowest BCUT2D eigenvalue weighted by atomic mass is 9.93. The minimum atomic E-state index is -0.158. The van der Waals surface area contributed by atoms with Crippen LogP contribution in [0.5, 0.6) is 5.75 Å². The lowest BCUT2D eigenvalue weighted by Crippen LogP contribution is -2.03. The highest BCUT2D eigenvalue weighted by molar-refractivity contribution is 6.36. The minimum Gasteiger partial charge on any atom is -0.495 e. The van der Waals surface area contributed by atoms with Gasteiger partial charge < -0.3 is 20.8 Å². The molecule has 124 valence electrons. The van der Waals surface area contributed by atoms with Crippen LogP contribution in [0.25, 0.3) is 22.8 Å². The summed E-state index contributed by atoms with van der Waals surface area (Å²) in [6.07, 6.45) is 3.57. The quantitative estimate of drug-likeness (QED) is 0.505. The predicted octanol–water partition coefficient (Wildman–Crippen LogP) is 3.77. The van der Waals surface area contributed by atoms with Crippen molar-refractivity contribution in [3.63, 3.8) is 0 Å². The average molecular weight is 331 g/mol. The van der Waals surface area contributed by atoms with Crippen molar-refractivity contribution in [1.82, 2.24) is 4.98 Å². The first kappa shape index (κ1) is 15.1. The molecule has 0 atom stereocenters. The van der Waals surface area contributed by atoms with Gasteiger partial charge in [0.2, 0.25) is 0 Å². The lowest BCUT2D eigenvalue weighted by Gasteiger charge is -2.12. The number of nitrogens with one attached hydrogen (secondary N) is 2. The smallest absolute Gasteiger partial charge is 0.256 e. The van der Waals surface area contributed by atoms with Crippen LogP contribution in [-0.4, -0.2) is 18.0 Å². The number of nitrogen functional groups attached to an aromatic ring is 1. The van der Waals surface area contributed by atoms with Gasteiger partial charge in [0.05, 0.1) is 18.4 Å². The van der Waals surface area contributed by atoms with Gasteiger partial charge in [-0.3, -0.25) is 4.79 Å². The molecule has 1 aliphatic rings.